The number of thiol groups is 1. The predicted octanol–water partition coefficient (Wildman–Crippen LogP) is -0.712. The van der Waals surface area contributed by atoms with Crippen molar-refractivity contribution in [3.63, 3.8) is 0 Å². The van der Waals surface area contributed by atoms with Gasteiger partial charge in [-0.05, 0) is 77.2 Å². The molecule has 22 rings (SSSR count). The van der Waals surface area contributed by atoms with Gasteiger partial charge in [0.25, 0.3) is 16.7 Å². The monoisotopic (exact) mass is 2110 g/mol. The van der Waals surface area contributed by atoms with Gasteiger partial charge in [-0.2, -0.15) is 33.7 Å². The number of imidazole rings is 2. The molecule has 8 bridgehead atoms. The summed E-state index contributed by atoms with van der Waals surface area (Å²) in [6.07, 6.45) is -21.3. The van der Waals surface area contributed by atoms with Crippen LogP contribution in [0.4, 0.5) is 48.1 Å². The number of anilines is 6. The molecule has 10 aliphatic heterocycles. The molecule has 22 heterocycles. The zero-order chi connectivity index (χ0) is 94.1. The smallest absolute Gasteiger partial charge is 0.386 e. The van der Waals surface area contributed by atoms with Crippen molar-refractivity contribution in [3.05, 3.63) is 80.5 Å². The fourth-order valence-electron chi connectivity index (χ4n) is 16.2. The zero-order valence-electron chi connectivity index (χ0n) is 66.8. The number of aromatic amines is 3. The second-order valence-electron chi connectivity index (χ2n) is 30.8. The standard InChI is InChI=1S/C22H24FN9O10P2S2.2C19H22FN11O9P2S2/c23-10-9-3-37-43(34,45)42-15-14-20(31-6-27-11-8(24)1-2-26-16(11)31)40-22(15,4-36-14)5-38-44(35,46)41-13(10)19(39-9)32-7-28-12-17(32)29-21(25)30-18(12)33;2*20-10-13-9(38-18(10)30-14-11(26-28-30)7(21)1-2-23-14)5-36-41(33,43)39-8-3-6(4-35-42(34,44)40-13)37-17(8)31-15-12(27-29-31)16(32)25-19(22)24-15/h1-2,6-7,9-10,13-15,19-20H,3-5H2,(H2,24,26)(H,34,45)(H,35,46)(H3,25,29,30,33);2*1-2,6,8-10,13,17-18H,3-5H2,(H2,21,23)(H,33,43)(H,34,44)(H3,22,24,25,32)/t9-,10-,13+,14-,15+,19-,20-,22-,43?,44?;2*6-,8-,9+,10-,13+,17+,18+,41?,42?/m100/s1. The van der Waals surface area contributed by atoms with Crippen LogP contribution in [0.15, 0.2) is 63.8 Å². The molecule has 0 saturated carbocycles. The molecule has 10 aliphatic rings. The fourth-order valence-corrected chi connectivity index (χ4v) is 24.9. The van der Waals surface area contributed by atoms with Crippen LogP contribution >= 0.6 is 52.6 Å². The maximum Gasteiger partial charge on any atom is 0.386 e. The highest BCUT2D eigenvalue weighted by Crippen LogP contribution is 2.63. The summed E-state index contributed by atoms with van der Waals surface area (Å²) in [7, 11) is 0. The van der Waals surface area contributed by atoms with E-state index < -0.39 is 218 Å². The lowest BCUT2D eigenvalue weighted by Crippen LogP contribution is -2.45. The SMILES string of the molecule is Nc1nc2c(ncn2[C@@H]2O[C@@H]3COP(O)(=S)O[C@H]4[C@H]5OC[C@]4(COP(=O)(S)O[C@H]2[C@@H]3F)O[C@H]5n2cnc3c(N)ccnc32)c(=O)[nH]1.Nc1nc2c(nnn2[C@@H]2O[C@@H]3COP(O)(=S)O[C@H]4[C@H](F)[C@H](n5nnc6c(N)ccnc65)O[C@@H]4COP(O)(=S)O[C@H]2C3)c(=O)[nH]1.Nc1nc2c(nnn2[C@@H]2O[C@@H]3COP(O)(=S)O[C@H]4[C@H](F)[C@H](n5nnc6c(N)ccnc65)O[C@@H]4COP(O)(=S)O[C@H]2C3)c(=O)[nH]1. The molecule has 20 N–H and O–H groups in total. The third kappa shape index (κ3) is 17.9. The Morgan fingerprint density at radius 1 is 0.410 bits per heavy atom. The van der Waals surface area contributed by atoms with Crippen molar-refractivity contribution >= 4 is 214 Å². The minimum atomic E-state index is -4.43. The molecule has 12 aromatic rings. The second-order valence-corrected chi connectivity index (χ2v) is 47.6. The van der Waals surface area contributed by atoms with E-state index in [2.05, 4.69) is 108 Å². The largest absolute Gasteiger partial charge is 0.397 e. The van der Waals surface area contributed by atoms with Crippen molar-refractivity contribution in [2.45, 2.75) is 148 Å². The maximum atomic E-state index is 16.0. The van der Waals surface area contributed by atoms with Crippen molar-refractivity contribution < 1.29 is 130 Å². The van der Waals surface area contributed by atoms with Crippen LogP contribution in [0.25, 0.3) is 67.0 Å². The number of halogens is 3. The molecule has 59 nitrogen and oxygen atoms in total. The first-order valence-corrected chi connectivity index (χ1v) is 54.6. The molecule has 74 heteroatoms. The second kappa shape index (κ2) is 35.5. The van der Waals surface area contributed by atoms with Gasteiger partial charge in [-0.25, -0.2) is 42.7 Å². The maximum absolute atomic E-state index is 16.0. The van der Waals surface area contributed by atoms with E-state index in [0.717, 1.165) is 25.1 Å². The highest BCUT2D eigenvalue weighted by Gasteiger charge is 2.66. The lowest BCUT2D eigenvalue weighted by atomic mass is 10.0. The van der Waals surface area contributed by atoms with Gasteiger partial charge in [0.15, 0.2) is 117 Å². The first-order chi connectivity index (χ1) is 63.6. The number of nitrogen functional groups attached to an aromatic ring is 6. The number of alkyl halides is 3. The first-order valence-electron chi connectivity index (χ1n) is 39.0. The van der Waals surface area contributed by atoms with Gasteiger partial charge in [-0.1, -0.05) is 33.1 Å². The molecule has 28 atom stereocenters. The van der Waals surface area contributed by atoms with E-state index in [1.165, 1.54) is 41.6 Å². The number of rotatable bonds is 6. The molecule has 0 aromatic carbocycles. The Morgan fingerprint density at radius 2 is 0.813 bits per heavy atom. The van der Waals surface area contributed by atoms with E-state index in [0.29, 0.717) is 16.9 Å². The molecular weight excluding hydrogens is 2040 g/mol. The Labute approximate surface area is 771 Å². The average molecular weight is 2110 g/mol. The van der Waals surface area contributed by atoms with Crippen LogP contribution in [-0.2, 0) is 151 Å². The van der Waals surface area contributed by atoms with Crippen molar-refractivity contribution in [2.24, 2.45) is 0 Å². The number of nitrogens with zero attached hydrogens (tertiary/aromatic N) is 22. The number of hydrogen-bond acceptors (Lipinski definition) is 50. The van der Waals surface area contributed by atoms with Crippen LogP contribution in [-0.4, -0.2) is 292 Å². The van der Waals surface area contributed by atoms with Crippen molar-refractivity contribution in [2.75, 3.05) is 80.7 Å². The molecule has 718 valence electrons. The van der Waals surface area contributed by atoms with Crippen LogP contribution in [0.5, 0.6) is 0 Å². The Hall–Kier alpha value is -7.91. The fraction of sp³-hybridized carbons (Fsp3) is 0.517. The average Bonchev–Trinajstić information content (AvgIpc) is 1.56. The molecule has 12 aromatic heterocycles. The van der Waals surface area contributed by atoms with E-state index in [1.54, 1.807) is 10.6 Å². The summed E-state index contributed by atoms with van der Waals surface area (Å²) < 4.78 is 179. The highest BCUT2D eigenvalue weighted by molar-refractivity contribution is 8.44. The molecule has 10 saturated heterocycles. The van der Waals surface area contributed by atoms with E-state index >= 15 is 13.2 Å². The normalized spacial score (nSPS) is 37.6. The van der Waals surface area contributed by atoms with Crippen LogP contribution < -0.4 is 51.1 Å². The molecule has 0 spiro atoms. The third-order valence-electron chi connectivity index (χ3n) is 22.1. The van der Waals surface area contributed by atoms with Gasteiger partial charge >= 0.3 is 40.4 Å². The quantitative estimate of drug-likeness (QED) is 0.0722. The van der Waals surface area contributed by atoms with Crippen molar-refractivity contribution in [3.8, 4) is 0 Å². The van der Waals surface area contributed by atoms with Crippen LogP contribution in [0.2, 0.25) is 0 Å². The number of nitrogens with two attached hydrogens (primary N) is 6. The summed E-state index contributed by atoms with van der Waals surface area (Å²) in [6, 6.07) is 4.60. The van der Waals surface area contributed by atoms with E-state index in [4.69, 9.17) is 181 Å². The molecular formula is C60H68F3N31O28P6S6. The van der Waals surface area contributed by atoms with E-state index in [-0.39, 0.29) is 118 Å². The number of H-pyrrole nitrogens is 3. The number of aromatic nitrogens is 25. The molecule has 0 amide bonds. The Morgan fingerprint density at radius 3 is 1.31 bits per heavy atom. The zero-order valence-corrected chi connectivity index (χ0v) is 77.2. The van der Waals surface area contributed by atoms with Crippen molar-refractivity contribution in [1.29, 1.82) is 0 Å². The van der Waals surface area contributed by atoms with Gasteiger partial charge in [0, 0.05) is 31.4 Å². The van der Waals surface area contributed by atoms with Gasteiger partial charge < -0.3 is 124 Å². The number of nitrogens with one attached hydrogen (secondary N) is 3. The molecule has 0 aliphatic carbocycles. The summed E-state index contributed by atoms with van der Waals surface area (Å²) in [5.74, 6) is -0.643. The summed E-state index contributed by atoms with van der Waals surface area (Å²) in [5.41, 5.74) is 33.4. The topological polar surface area (TPSA) is 784 Å². The third-order valence-corrected chi connectivity index (χ3v) is 31.5. The number of hydrogen-bond donors (Lipinski definition) is 15. The number of fused-ring (bicyclic) bond motifs is 14. The van der Waals surface area contributed by atoms with Crippen molar-refractivity contribution in [1.82, 2.24) is 124 Å². The van der Waals surface area contributed by atoms with Gasteiger partial charge in [-0.3, -0.25) is 61.1 Å². The Balaban J connectivity index is 0.000000125. The van der Waals surface area contributed by atoms with E-state index in [9.17, 15) is 43.4 Å². The summed E-state index contributed by atoms with van der Waals surface area (Å²) >= 11 is 30.3. The lowest BCUT2D eigenvalue weighted by molar-refractivity contribution is -0.182. The molecule has 134 heavy (non-hydrogen) atoms. The van der Waals surface area contributed by atoms with E-state index in [1.807, 2.05) is 0 Å². The van der Waals surface area contributed by atoms with Gasteiger partial charge in [0.1, 0.15) is 72.2 Å². The van der Waals surface area contributed by atoms with Gasteiger partial charge in [-0.15, -0.1) is 20.4 Å². The number of ether oxygens (including phenoxy) is 7. The summed E-state index contributed by atoms with van der Waals surface area (Å²) in [4.78, 5) is 132. The Bertz CT molecular complexity index is 6900. The predicted molar refractivity (Wildman–Crippen MR) is 465 cm³/mol. The minimum Gasteiger partial charge on any atom is -0.397 e. The van der Waals surface area contributed by atoms with Crippen LogP contribution in [0.3, 0.4) is 0 Å². The number of pyridine rings is 3. The lowest BCUT2D eigenvalue weighted by Gasteiger charge is -2.33. The molecule has 10 fully saturated rings. The highest BCUT2D eigenvalue weighted by atomic mass is 32.7. The molecule has 6 unspecified atom stereocenters. The molecule has 0 radical (unpaired) electrons. The first kappa shape index (κ1) is 93.7. The summed E-state index contributed by atoms with van der Waals surface area (Å²) in [5, 5.41) is 31.3. The summed E-state index contributed by atoms with van der Waals surface area (Å²) in [6.45, 7) is -28.2. The van der Waals surface area contributed by atoms with Crippen LogP contribution in [0.1, 0.15) is 50.2 Å². The van der Waals surface area contributed by atoms with Gasteiger partial charge in [0.05, 0.1) is 88.2 Å². The Kier molecular flexibility index (Phi) is 24.8. The van der Waals surface area contributed by atoms with Gasteiger partial charge in [0.2, 0.25) is 17.8 Å². The van der Waals surface area contributed by atoms with Crippen LogP contribution in [0, 0.1) is 0 Å². The minimum absolute atomic E-state index is 0.0228.